The van der Waals surface area contributed by atoms with Crippen LogP contribution >= 0.6 is 7.92 Å². The number of hydrogen-bond acceptors (Lipinski definition) is 0. The van der Waals surface area contributed by atoms with Crippen LogP contribution in [0.4, 0.5) is 0 Å². The fourth-order valence-electron chi connectivity index (χ4n) is 3.42. The van der Waals surface area contributed by atoms with Gasteiger partial charge in [-0.3, -0.25) is 0 Å². The van der Waals surface area contributed by atoms with Crippen LogP contribution in [0.1, 0.15) is 117 Å². The number of rotatable bonds is 20. The van der Waals surface area contributed by atoms with E-state index in [0.717, 1.165) is 0 Å². The maximum atomic E-state index is 3.83. The van der Waals surface area contributed by atoms with Crippen LogP contribution in [0, 0.1) is 0 Å². The van der Waals surface area contributed by atoms with Crippen LogP contribution in [-0.4, -0.2) is 18.5 Å². The maximum absolute atomic E-state index is 3.83. The quantitative estimate of drug-likeness (QED) is 0.116. The molecule has 144 valence electrons. The Labute approximate surface area is 156 Å². The van der Waals surface area contributed by atoms with Crippen LogP contribution in [0.5, 0.6) is 0 Å². The topological polar surface area (TPSA) is 0 Å². The Morgan fingerprint density at radius 2 is 1.00 bits per heavy atom. The molecule has 0 saturated carbocycles. The molecular formula is C23H47P. The second kappa shape index (κ2) is 21.2. The highest BCUT2D eigenvalue weighted by Crippen LogP contribution is 2.37. The van der Waals surface area contributed by atoms with Crippen molar-refractivity contribution in [2.45, 2.75) is 117 Å². The lowest BCUT2D eigenvalue weighted by Crippen LogP contribution is -1.93. The third-order valence-electron chi connectivity index (χ3n) is 5.16. The van der Waals surface area contributed by atoms with Gasteiger partial charge < -0.3 is 0 Å². The standard InChI is InChI=1S/C23H47P/c1-4-7-9-10-11-12-13-14-15-16-17-18-19-21-23-24(6-3)22-20-8-5-2/h5H,2,4,6-23H2,1,3H3. The van der Waals surface area contributed by atoms with E-state index in [1.807, 2.05) is 0 Å². The van der Waals surface area contributed by atoms with Gasteiger partial charge in [0.2, 0.25) is 0 Å². The predicted octanol–water partition coefficient (Wildman–Crippen LogP) is 8.94. The van der Waals surface area contributed by atoms with E-state index in [9.17, 15) is 0 Å². The summed E-state index contributed by atoms with van der Waals surface area (Å²) in [5.41, 5.74) is 0. The van der Waals surface area contributed by atoms with Crippen LogP contribution < -0.4 is 0 Å². The molecule has 0 nitrogen and oxygen atoms in total. The van der Waals surface area contributed by atoms with Gasteiger partial charge in [-0.05, 0) is 37.7 Å². The molecule has 0 heterocycles. The van der Waals surface area contributed by atoms with Crippen molar-refractivity contribution in [2.24, 2.45) is 0 Å². The Hall–Kier alpha value is 0.170. The molecule has 0 rings (SSSR count). The predicted molar refractivity (Wildman–Crippen MR) is 117 cm³/mol. The molecule has 0 saturated heterocycles. The molecule has 1 heteroatoms. The van der Waals surface area contributed by atoms with Crippen molar-refractivity contribution < 1.29 is 0 Å². The molecule has 0 bridgehead atoms. The fraction of sp³-hybridized carbons (Fsp3) is 0.913. The van der Waals surface area contributed by atoms with Crippen molar-refractivity contribution in [2.75, 3.05) is 18.5 Å². The van der Waals surface area contributed by atoms with E-state index >= 15 is 0 Å². The monoisotopic (exact) mass is 354 g/mol. The third kappa shape index (κ3) is 18.5. The fourth-order valence-corrected chi connectivity index (χ4v) is 5.57. The first kappa shape index (κ1) is 24.2. The minimum Gasteiger partial charge on any atom is -0.107 e. The zero-order valence-corrected chi connectivity index (χ0v) is 18.1. The summed E-state index contributed by atoms with van der Waals surface area (Å²) in [6.45, 7) is 8.52. The summed E-state index contributed by atoms with van der Waals surface area (Å²) in [6, 6.07) is 0. The van der Waals surface area contributed by atoms with Crippen LogP contribution in [0.15, 0.2) is 12.7 Å². The first-order valence-electron chi connectivity index (χ1n) is 11.2. The van der Waals surface area contributed by atoms with E-state index in [1.165, 1.54) is 121 Å². The summed E-state index contributed by atoms with van der Waals surface area (Å²) in [5.74, 6) is 0. The van der Waals surface area contributed by atoms with E-state index in [2.05, 4.69) is 26.5 Å². The van der Waals surface area contributed by atoms with E-state index in [1.54, 1.807) is 0 Å². The van der Waals surface area contributed by atoms with E-state index < -0.39 is 0 Å². The smallest absolute Gasteiger partial charge is 0.0323 e. The van der Waals surface area contributed by atoms with Crippen molar-refractivity contribution in [3.05, 3.63) is 12.7 Å². The lowest BCUT2D eigenvalue weighted by atomic mass is 10.0. The summed E-state index contributed by atoms with van der Waals surface area (Å²) in [4.78, 5) is 0. The molecule has 24 heavy (non-hydrogen) atoms. The minimum absolute atomic E-state index is 0.342. The van der Waals surface area contributed by atoms with Gasteiger partial charge in [-0.25, -0.2) is 0 Å². The maximum Gasteiger partial charge on any atom is -0.0323 e. The molecule has 0 aromatic rings. The lowest BCUT2D eigenvalue weighted by molar-refractivity contribution is 0.538. The van der Waals surface area contributed by atoms with Crippen molar-refractivity contribution in [3.63, 3.8) is 0 Å². The van der Waals surface area contributed by atoms with Crippen molar-refractivity contribution in [1.29, 1.82) is 0 Å². The largest absolute Gasteiger partial charge is 0.107 e. The number of hydrogen-bond donors (Lipinski definition) is 0. The molecule has 0 aliphatic carbocycles. The highest BCUT2D eigenvalue weighted by Gasteiger charge is 2.04. The first-order valence-corrected chi connectivity index (χ1v) is 13.1. The van der Waals surface area contributed by atoms with Gasteiger partial charge in [0.25, 0.3) is 0 Å². The van der Waals surface area contributed by atoms with Crippen molar-refractivity contribution in [1.82, 2.24) is 0 Å². The zero-order chi connectivity index (χ0) is 17.7. The van der Waals surface area contributed by atoms with E-state index in [4.69, 9.17) is 0 Å². The third-order valence-corrected chi connectivity index (χ3v) is 7.95. The Morgan fingerprint density at radius 1 is 0.583 bits per heavy atom. The molecule has 0 aliphatic heterocycles. The van der Waals surface area contributed by atoms with Crippen LogP contribution in [0.25, 0.3) is 0 Å². The van der Waals surface area contributed by atoms with Gasteiger partial charge >= 0.3 is 0 Å². The summed E-state index contributed by atoms with van der Waals surface area (Å²) in [5, 5.41) is 0. The van der Waals surface area contributed by atoms with Gasteiger partial charge in [-0.2, -0.15) is 0 Å². The van der Waals surface area contributed by atoms with E-state index in [0.29, 0.717) is 7.92 Å². The van der Waals surface area contributed by atoms with Gasteiger partial charge in [-0.15, -0.1) is 14.5 Å². The van der Waals surface area contributed by atoms with Gasteiger partial charge in [0.15, 0.2) is 0 Å². The molecule has 0 fully saturated rings. The second-order valence-electron chi connectivity index (χ2n) is 7.46. The Bertz CT molecular complexity index is 236. The molecule has 0 aliphatic rings. The average Bonchev–Trinajstić information content (AvgIpc) is 2.60. The SMILES string of the molecule is C=CCCCP(CC)CCCCCCCCCCCCCCCC. The molecule has 0 aromatic heterocycles. The minimum atomic E-state index is 0.342. The van der Waals surface area contributed by atoms with Gasteiger partial charge in [-0.1, -0.05) is 103 Å². The molecule has 1 unspecified atom stereocenters. The number of allylic oxidation sites excluding steroid dienone is 1. The van der Waals surface area contributed by atoms with Gasteiger partial charge in [0, 0.05) is 0 Å². The van der Waals surface area contributed by atoms with E-state index in [-0.39, 0.29) is 0 Å². The summed E-state index contributed by atoms with van der Waals surface area (Å²) < 4.78 is 0. The molecule has 0 aromatic carbocycles. The Morgan fingerprint density at radius 3 is 1.42 bits per heavy atom. The highest BCUT2D eigenvalue weighted by atomic mass is 31.1. The number of unbranched alkanes of at least 4 members (excludes halogenated alkanes) is 14. The zero-order valence-electron chi connectivity index (χ0n) is 17.2. The summed E-state index contributed by atoms with van der Waals surface area (Å²) >= 11 is 0. The normalized spacial score (nSPS) is 12.4. The molecule has 1 atom stereocenters. The molecule has 0 radical (unpaired) electrons. The van der Waals surface area contributed by atoms with Crippen LogP contribution in [-0.2, 0) is 0 Å². The molecule has 0 N–H and O–H groups in total. The van der Waals surface area contributed by atoms with Crippen LogP contribution in [0.2, 0.25) is 0 Å². The highest BCUT2D eigenvalue weighted by molar-refractivity contribution is 7.57. The van der Waals surface area contributed by atoms with Crippen molar-refractivity contribution in [3.8, 4) is 0 Å². The second-order valence-corrected chi connectivity index (χ2v) is 10.3. The van der Waals surface area contributed by atoms with Gasteiger partial charge in [0.1, 0.15) is 0 Å². The lowest BCUT2D eigenvalue weighted by Gasteiger charge is -2.15. The Balaban J connectivity index is 3.17. The molecule has 0 spiro atoms. The first-order chi connectivity index (χ1) is 11.8. The molecule has 0 amide bonds. The summed E-state index contributed by atoms with van der Waals surface area (Å²) in [7, 11) is 0.342. The molecular weight excluding hydrogens is 307 g/mol. The Kier molecular flexibility index (Phi) is 21.4. The average molecular weight is 355 g/mol. The van der Waals surface area contributed by atoms with Crippen molar-refractivity contribution >= 4 is 7.92 Å². The van der Waals surface area contributed by atoms with Gasteiger partial charge in [0.05, 0.1) is 0 Å². The van der Waals surface area contributed by atoms with Crippen LogP contribution in [0.3, 0.4) is 0 Å². The summed E-state index contributed by atoms with van der Waals surface area (Å²) in [6.07, 6.45) is 29.7.